The van der Waals surface area contributed by atoms with E-state index in [9.17, 15) is 18.0 Å². The highest BCUT2D eigenvalue weighted by atomic mass is 32.2. The van der Waals surface area contributed by atoms with Gasteiger partial charge in [-0.2, -0.15) is 13.2 Å². The first-order chi connectivity index (χ1) is 8.48. The van der Waals surface area contributed by atoms with E-state index in [-0.39, 0.29) is 5.75 Å². The van der Waals surface area contributed by atoms with E-state index < -0.39 is 11.3 Å². The second kappa shape index (κ2) is 10.5. The average Bonchev–Trinajstić information content (AvgIpc) is 2.30. The molecule has 0 spiro atoms. The minimum atomic E-state index is -4.68. The molecule has 106 valence electrons. The molecule has 0 amide bonds. The summed E-state index contributed by atoms with van der Waals surface area (Å²) in [5.74, 6) is 0.273. The number of hydrogen-bond acceptors (Lipinski definition) is 2. The molecule has 0 aromatic heterocycles. The van der Waals surface area contributed by atoms with Crippen molar-refractivity contribution < 1.29 is 18.0 Å². The molecule has 0 bridgehead atoms. The van der Waals surface area contributed by atoms with Gasteiger partial charge in [0.05, 0.1) is 0 Å². The van der Waals surface area contributed by atoms with Crippen molar-refractivity contribution in [2.45, 2.75) is 57.5 Å². The van der Waals surface area contributed by atoms with Gasteiger partial charge < -0.3 is 0 Å². The third-order valence-corrected chi connectivity index (χ3v) is 3.50. The molecule has 0 aliphatic heterocycles. The van der Waals surface area contributed by atoms with Crippen LogP contribution in [0.4, 0.5) is 13.2 Å². The van der Waals surface area contributed by atoms with Crippen molar-refractivity contribution in [1.29, 1.82) is 0 Å². The zero-order valence-corrected chi connectivity index (χ0v) is 11.4. The van der Waals surface area contributed by atoms with Gasteiger partial charge in [0.2, 0.25) is 0 Å². The molecule has 0 fully saturated rings. The summed E-state index contributed by atoms with van der Waals surface area (Å²) in [5.41, 5.74) is 0. The number of thioether (sulfide) groups is 1. The molecule has 0 N–H and O–H groups in total. The summed E-state index contributed by atoms with van der Waals surface area (Å²) >= 11 is 0.383. The minimum Gasteiger partial charge on any atom is -0.277 e. The maximum absolute atomic E-state index is 11.8. The van der Waals surface area contributed by atoms with Gasteiger partial charge in [-0.1, -0.05) is 49.9 Å². The maximum Gasteiger partial charge on any atom is 0.460 e. The predicted octanol–water partition coefficient (Wildman–Crippen LogP) is 5.12. The lowest BCUT2D eigenvalue weighted by atomic mass is 10.1. The first-order valence-electron chi connectivity index (χ1n) is 6.33. The molecule has 0 aliphatic carbocycles. The largest absolute Gasteiger partial charge is 0.460 e. The molecular weight excluding hydrogens is 261 g/mol. The molecule has 0 heterocycles. The molecule has 0 atom stereocenters. The second-order valence-corrected chi connectivity index (χ2v) is 5.25. The topological polar surface area (TPSA) is 17.1 Å². The summed E-state index contributed by atoms with van der Waals surface area (Å²) in [4.78, 5) is 10.5. The smallest absolute Gasteiger partial charge is 0.277 e. The Hall–Kier alpha value is -0.450. The quantitative estimate of drug-likeness (QED) is 0.409. The number of rotatable bonds is 10. The highest BCUT2D eigenvalue weighted by Gasteiger charge is 2.38. The number of allylic oxidation sites excluding steroid dienone is 1. The van der Waals surface area contributed by atoms with Crippen LogP contribution in [0.2, 0.25) is 0 Å². The number of hydrogen-bond donors (Lipinski definition) is 0. The van der Waals surface area contributed by atoms with Crippen LogP contribution in [0, 0.1) is 0 Å². The maximum atomic E-state index is 11.8. The molecule has 0 aromatic carbocycles. The van der Waals surface area contributed by atoms with Crippen molar-refractivity contribution in [3.63, 3.8) is 0 Å². The summed E-state index contributed by atoms with van der Waals surface area (Å²) in [7, 11) is 0. The summed E-state index contributed by atoms with van der Waals surface area (Å²) in [6.07, 6.45) is 5.54. The lowest BCUT2D eigenvalue weighted by molar-refractivity contribution is -0.160. The van der Waals surface area contributed by atoms with Crippen molar-refractivity contribution in [2.24, 2.45) is 0 Å². The zero-order valence-electron chi connectivity index (χ0n) is 10.6. The van der Waals surface area contributed by atoms with Crippen LogP contribution in [-0.2, 0) is 4.79 Å². The van der Waals surface area contributed by atoms with E-state index in [1.807, 2.05) is 6.08 Å². The normalized spacial score (nSPS) is 11.5. The van der Waals surface area contributed by atoms with Gasteiger partial charge in [0.1, 0.15) is 0 Å². The van der Waals surface area contributed by atoms with E-state index in [2.05, 4.69) is 6.58 Å². The number of alkyl halides is 3. The van der Waals surface area contributed by atoms with Gasteiger partial charge in [0, 0.05) is 5.75 Å². The van der Waals surface area contributed by atoms with Crippen molar-refractivity contribution in [3.8, 4) is 0 Å². The summed E-state index contributed by atoms with van der Waals surface area (Å²) < 4.78 is 35.5. The Morgan fingerprint density at radius 2 is 1.50 bits per heavy atom. The van der Waals surface area contributed by atoms with Crippen LogP contribution < -0.4 is 0 Å². The standard InChI is InChI=1S/C13H21F3OS/c1-2-3-4-5-6-7-8-9-10-11-18-12(17)13(14,15)16/h2H,1,3-11H2. The molecule has 0 aliphatic rings. The average molecular weight is 282 g/mol. The van der Waals surface area contributed by atoms with Crippen LogP contribution in [0.3, 0.4) is 0 Å². The lowest BCUT2D eigenvalue weighted by Crippen LogP contribution is -2.19. The summed E-state index contributed by atoms with van der Waals surface area (Å²) in [6, 6.07) is 0. The molecule has 0 radical (unpaired) electrons. The first-order valence-corrected chi connectivity index (χ1v) is 7.32. The Morgan fingerprint density at radius 3 is 2.00 bits per heavy atom. The van der Waals surface area contributed by atoms with E-state index in [4.69, 9.17) is 0 Å². The van der Waals surface area contributed by atoms with Gasteiger partial charge in [-0.25, -0.2) is 0 Å². The SMILES string of the molecule is C=CCCCCCCCCCSC(=O)C(F)(F)F. The lowest BCUT2D eigenvalue weighted by Gasteiger charge is -2.04. The highest BCUT2D eigenvalue weighted by Crippen LogP contribution is 2.24. The first kappa shape index (κ1) is 17.6. The number of unbranched alkanes of at least 4 members (excludes halogenated alkanes) is 7. The summed E-state index contributed by atoms with van der Waals surface area (Å²) in [5, 5.41) is -1.67. The minimum absolute atomic E-state index is 0.273. The van der Waals surface area contributed by atoms with Gasteiger partial charge in [0.15, 0.2) is 0 Å². The van der Waals surface area contributed by atoms with Crippen LogP contribution >= 0.6 is 11.8 Å². The Balaban J connectivity index is 3.21. The number of carbonyl (C=O) groups excluding carboxylic acids is 1. The van der Waals surface area contributed by atoms with E-state index in [0.29, 0.717) is 18.2 Å². The predicted molar refractivity (Wildman–Crippen MR) is 70.7 cm³/mol. The fourth-order valence-corrected chi connectivity index (χ4v) is 2.22. The van der Waals surface area contributed by atoms with Gasteiger partial charge in [-0.15, -0.1) is 6.58 Å². The molecular formula is C13H21F3OS. The van der Waals surface area contributed by atoms with Crippen LogP contribution in [0.25, 0.3) is 0 Å². The third kappa shape index (κ3) is 10.7. The Labute approximate surface area is 111 Å². The van der Waals surface area contributed by atoms with E-state index in [0.717, 1.165) is 25.7 Å². The van der Waals surface area contributed by atoms with Crippen molar-refractivity contribution in [2.75, 3.05) is 5.75 Å². The van der Waals surface area contributed by atoms with Gasteiger partial charge in [-0.05, 0) is 19.3 Å². The number of carbonyl (C=O) groups is 1. The van der Waals surface area contributed by atoms with E-state index >= 15 is 0 Å². The Bertz CT molecular complexity index is 239. The molecule has 0 saturated heterocycles. The summed E-state index contributed by atoms with van der Waals surface area (Å²) in [6.45, 7) is 3.65. The van der Waals surface area contributed by atoms with Crippen molar-refractivity contribution in [1.82, 2.24) is 0 Å². The fourth-order valence-electron chi connectivity index (χ4n) is 1.52. The fraction of sp³-hybridized carbons (Fsp3) is 0.769. The molecule has 0 rings (SSSR count). The monoisotopic (exact) mass is 282 g/mol. The zero-order chi connectivity index (χ0) is 13.9. The van der Waals surface area contributed by atoms with E-state index in [1.54, 1.807) is 0 Å². The van der Waals surface area contributed by atoms with Crippen molar-refractivity contribution >= 4 is 16.9 Å². The second-order valence-electron chi connectivity index (χ2n) is 4.19. The van der Waals surface area contributed by atoms with Gasteiger partial charge in [-0.3, -0.25) is 4.79 Å². The number of halogens is 3. The molecule has 0 unspecified atom stereocenters. The molecule has 0 saturated carbocycles. The molecule has 1 nitrogen and oxygen atoms in total. The van der Waals surface area contributed by atoms with Crippen LogP contribution in [-0.4, -0.2) is 17.0 Å². The highest BCUT2D eigenvalue weighted by molar-refractivity contribution is 8.13. The Kier molecular flexibility index (Phi) is 10.2. The van der Waals surface area contributed by atoms with Crippen molar-refractivity contribution in [3.05, 3.63) is 12.7 Å². The Morgan fingerprint density at radius 1 is 1.00 bits per heavy atom. The van der Waals surface area contributed by atoms with Gasteiger partial charge in [0.25, 0.3) is 5.12 Å². The van der Waals surface area contributed by atoms with E-state index in [1.165, 1.54) is 19.3 Å². The van der Waals surface area contributed by atoms with Crippen LogP contribution in [0.15, 0.2) is 12.7 Å². The third-order valence-electron chi connectivity index (χ3n) is 2.52. The van der Waals surface area contributed by atoms with Gasteiger partial charge >= 0.3 is 6.18 Å². The molecule has 18 heavy (non-hydrogen) atoms. The van der Waals surface area contributed by atoms with Crippen LogP contribution in [0.1, 0.15) is 51.4 Å². The molecule has 0 aromatic rings. The molecule has 5 heteroatoms. The van der Waals surface area contributed by atoms with Crippen LogP contribution in [0.5, 0.6) is 0 Å².